The predicted octanol–water partition coefficient (Wildman–Crippen LogP) is 1.05. The summed E-state index contributed by atoms with van der Waals surface area (Å²) in [4.78, 5) is 13.3. The van der Waals surface area contributed by atoms with Crippen LogP contribution in [0.5, 0.6) is 0 Å². The Hall–Kier alpha value is -0.610. The quantitative estimate of drug-likeness (QED) is 0.634. The molecule has 15 heavy (non-hydrogen) atoms. The van der Waals surface area contributed by atoms with Gasteiger partial charge in [0.2, 0.25) is 0 Å². The maximum Gasteiger partial charge on any atom is 0.320 e. The number of carboxylic acids is 1. The summed E-state index contributed by atoms with van der Waals surface area (Å²) in [6.07, 6.45) is 5.05. The summed E-state index contributed by atoms with van der Waals surface area (Å²) < 4.78 is 0. The Balaban J connectivity index is 2.52. The van der Waals surface area contributed by atoms with Crippen molar-refractivity contribution >= 4 is 5.97 Å². The van der Waals surface area contributed by atoms with E-state index in [-0.39, 0.29) is 6.04 Å². The fourth-order valence-electron chi connectivity index (χ4n) is 1.93. The molecule has 1 rings (SSSR count). The summed E-state index contributed by atoms with van der Waals surface area (Å²) in [6, 6.07) is 0.137. The highest BCUT2D eigenvalue weighted by atomic mass is 16.4. The van der Waals surface area contributed by atoms with Crippen molar-refractivity contribution in [2.75, 3.05) is 13.1 Å². The van der Waals surface area contributed by atoms with Gasteiger partial charge in [-0.1, -0.05) is 13.3 Å². The van der Waals surface area contributed by atoms with E-state index in [0.29, 0.717) is 19.0 Å². The Morgan fingerprint density at radius 2 is 2.27 bits per heavy atom. The second kappa shape index (κ2) is 6.08. The van der Waals surface area contributed by atoms with Gasteiger partial charge in [-0.15, -0.1) is 0 Å². The molecular weight excluding hydrogens is 192 g/mol. The monoisotopic (exact) mass is 214 g/mol. The molecule has 0 spiro atoms. The van der Waals surface area contributed by atoms with Crippen LogP contribution in [0, 0.1) is 0 Å². The molecule has 0 aromatic carbocycles. The topological polar surface area (TPSA) is 66.6 Å². The molecule has 3 N–H and O–H groups in total. The summed E-state index contributed by atoms with van der Waals surface area (Å²) in [5.74, 6) is -0.719. The standard InChI is InChI=1S/C11H22N2O2/c1-2-3-8-13(9-4-5-9)10(6-7-12)11(14)15/h9-10H,2-8,12H2,1H3,(H,14,15). The molecule has 1 saturated carbocycles. The smallest absolute Gasteiger partial charge is 0.320 e. The number of hydrogen-bond donors (Lipinski definition) is 2. The van der Waals surface area contributed by atoms with Gasteiger partial charge in [0, 0.05) is 6.04 Å². The van der Waals surface area contributed by atoms with Gasteiger partial charge in [0.05, 0.1) is 0 Å². The average Bonchev–Trinajstić information content (AvgIpc) is 3.00. The van der Waals surface area contributed by atoms with Crippen molar-refractivity contribution in [1.82, 2.24) is 4.90 Å². The highest BCUT2D eigenvalue weighted by Crippen LogP contribution is 2.29. The minimum Gasteiger partial charge on any atom is -0.480 e. The zero-order chi connectivity index (χ0) is 11.3. The number of aliphatic carboxylic acids is 1. The molecule has 0 aromatic rings. The molecule has 1 aliphatic carbocycles. The largest absolute Gasteiger partial charge is 0.480 e. The van der Waals surface area contributed by atoms with E-state index in [4.69, 9.17) is 10.8 Å². The molecule has 1 fully saturated rings. The van der Waals surface area contributed by atoms with Crippen molar-refractivity contribution in [3.8, 4) is 0 Å². The minimum absolute atomic E-state index is 0.367. The van der Waals surface area contributed by atoms with Gasteiger partial charge in [-0.3, -0.25) is 9.69 Å². The summed E-state index contributed by atoms with van der Waals surface area (Å²) in [5.41, 5.74) is 5.46. The molecule has 4 nitrogen and oxygen atoms in total. The van der Waals surface area contributed by atoms with Crippen LogP contribution in [0.2, 0.25) is 0 Å². The Morgan fingerprint density at radius 1 is 1.60 bits per heavy atom. The third kappa shape index (κ3) is 3.80. The summed E-state index contributed by atoms with van der Waals surface area (Å²) in [7, 11) is 0. The Bertz CT molecular complexity index is 205. The first kappa shape index (κ1) is 12.5. The molecule has 0 aliphatic heterocycles. The Morgan fingerprint density at radius 3 is 2.67 bits per heavy atom. The average molecular weight is 214 g/mol. The van der Waals surface area contributed by atoms with Crippen LogP contribution < -0.4 is 5.73 Å². The molecule has 0 radical (unpaired) electrons. The van der Waals surface area contributed by atoms with Crippen LogP contribution in [0.1, 0.15) is 39.0 Å². The van der Waals surface area contributed by atoms with Crippen molar-refractivity contribution in [3.05, 3.63) is 0 Å². The van der Waals surface area contributed by atoms with E-state index in [1.807, 2.05) is 0 Å². The van der Waals surface area contributed by atoms with E-state index < -0.39 is 5.97 Å². The number of carboxylic acid groups (broad SMARTS) is 1. The molecule has 4 heteroatoms. The molecule has 88 valence electrons. The van der Waals surface area contributed by atoms with E-state index in [1.54, 1.807) is 0 Å². The maximum atomic E-state index is 11.1. The van der Waals surface area contributed by atoms with Crippen LogP contribution >= 0.6 is 0 Å². The molecule has 1 atom stereocenters. The van der Waals surface area contributed by atoms with Crippen LogP contribution in [-0.2, 0) is 4.79 Å². The zero-order valence-electron chi connectivity index (χ0n) is 9.48. The van der Waals surface area contributed by atoms with Crippen LogP contribution in [0.3, 0.4) is 0 Å². The van der Waals surface area contributed by atoms with Gasteiger partial charge < -0.3 is 10.8 Å². The first-order valence-corrected chi connectivity index (χ1v) is 5.89. The molecule has 0 heterocycles. The second-order valence-electron chi connectivity index (χ2n) is 4.25. The predicted molar refractivity (Wildman–Crippen MR) is 59.7 cm³/mol. The lowest BCUT2D eigenvalue weighted by Crippen LogP contribution is -2.44. The fourth-order valence-corrected chi connectivity index (χ4v) is 1.93. The van der Waals surface area contributed by atoms with Crippen molar-refractivity contribution in [3.63, 3.8) is 0 Å². The number of carbonyl (C=O) groups is 1. The van der Waals surface area contributed by atoms with E-state index in [0.717, 1.165) is 32.2 Å². The summed E-state index contributed by atoms with van der Waals surface area (Å²) in [5, 5.41) is 9.15. The fraction of sp³-hybridized carbons (Fsp3) is 0.909. The lowest BCUT2D eigenvalue weighted by Gasteiger charge is -2.28. The number of rotatable bonds is 8. The molecule has 1 unspecified atom stereocenters. The van der Waals surface area contributed by atoms with Gasteiger partial charge >= 0.3 is 5.97 Å². The van der Waals surface area contributed by atoms with Gasteiger partial charge in [-0.05, 0) is 38.8 Å². The third-order valence-corrected chi connectivity index (χ3v) is 2.91. The first-order valence-electron chi connectivity index (χ1n) is 5.89. The van der Waals surface area contributed by atoms with Crippen LogP contribution in [-0.4, -0.2) is 41.1 Å². The number of nitrogens with zero attached hydrogens (tertiary/aromatic N) is 1. The summed E-state index contributed by atoms with van der Waals surface area (Å²) >= 11 is 0. The van der Waals surface area contributed by atoms with E-state index in [9.17, 15) is 4.79 Å². The van der Waals surface area contributed by atoms with Gasteiger partial charge in [0.15, 0.2) is 0 Å². The minimum atomic E-state index is -0.719. The second-order valence-corrected chi connectivity index (χ2v) is 4.25. The number of hydrogen-bond acceptors (Lipinski definition) is 3. The third-order valence-electron chi connectivity index (χ3n) is 2.91. The van der Waals surface area contributed by atoms with Crippen molar-refractivity contribution < 1.29 is 9.90 Å². The first-order chi connectivity index (χ1) is 7.20. The highest BCUT2D eigenvalue weighted by molar-refractivity contribution is 5.73. The van der Waals surface area contributed by atoms with Gasteiger partial charge in [-0.25, -0.2) is 0 Å². The molecule has 1 aliphatic rings. The molecular formula is C11H22N2O2. The van der Waals surface area contributed by atoms with Crippen molar-refractivity contribution in [2.45, 2.75) is 51.1 Å². The molecule has 0 amide bonds. The highest BCUT2D eigenvalue weighted by Gasteiger charge is 2.36. The van der Waals surface area contributed by atoms with Crippen molar-refractivity contribution in [1.29, 1.82) is 0 Å². The zero-order valence-corrected chi connectivity index (χ0v) is 9.48. The Labute approximate surface area is 91.4 Å². The molecule has 0 saturated heterocycles. The van der Waals surface area contributed by atoms with E-state index >= 15 is 0 Å². The van der Waals surface area contributed by atoms with Gasteiger partial charge in [0.25, 0.3) is 0 Å². The van der Waals surface area contributed by atoms with Crippen molar-refractivity contribution in [2.24, 2.45) is 5.73 Å². The Kier molecular flexibility index (Phi) is 5.05. The van der Waals surface area contributed by atoms with Crippen LogP contribution in [0.4, 0.5) is 0 Å². The lowest BCUT2D eigenvalue weighted by atomic mass is 10.1. The molecule has 0 bridgehead atoms. The maximum absolute atomic E-state index is 11.1. The number of unbranched alkanes of at least 4 members (excludes halogenated alkanes) is 1. The SMILES string of the molecule is CCCCN(C1CC1)C(CCN)C(=O)O. The van der Waals surface area contributed by atoms with E-state index in [1.165, 1.54) is 0 Å². The normalized spacial score (nSPS) is 18.1. The summed E-state index contributed by atoms with van der Waals surface area (Å²) in [6.45, 7) is 3.48. The van der Waals surface area contributed by atoms with Crippen LogP contribution in [0.25, 0.3) is 0 Å². The van der Waals surface area contributed by atoms with Crippen LogP contribution in [0.15, 0.2) is 0 Å². The van der Waals surface area contributed by atoms with Gasteiger partial charge in [0.1, 0.15) is 6.04 Å². The lowest BCUT2D eigenvalue weighted by molar-refractivity contribution is -0.143. The van der Waals surface area contributed by atoms with E-state index in [2.05, 4.69) is 11.8 Å². The number of nitrogens with two attached hydrogens (primary N) is 1. The van der Waals surface area contributed by atoms with Gasteiger partial charge in [-0.2, -0.15) is 0 Å². The molecule has 0 aromatic heterocycles.